The van der Waals surface area contributed by atoms with Crippen LogP contribution in [0.3, 0.4) is 0 Å². The molecule has 1 aromatic heterocycles. The van der Waals surface area contributed by atoms with Crippen molar-refractivity contribution in [2.24, 2.45) is 0 Å². The molecule has 0 saturated carbocycles. The summed E-state index contributed by atoms with van der Waals surface area (Å²) in [5.41, 5.74) is 0.314. The van der Waals surface area contributed by atoms with Crippen molar-refractivity contribution in [1.29, 1.82) is 0 Å². The van der Waals surface area contributed by atoms with Gasteiger partial charge >= 0.3 is 5.97 Å². The van der Waals surface area contributed by atoms with Gasteiger partial charge < -0.3 is 19.3 Å². The summed E-state index contributed by atoms with van der Waals surface area (Å²) in [6, 6.07) is 8.42. The highest BCUT2D eigenvalue weighted by Crippen LogP contribution is 2.44. The fourth-order valence-corrected chi connectivity index (χ4v) is 4.54. The predicted octanol–water partition coefficient (Wildman–Crippen LogP) is 3.87. The highest BCUT2D eigenvalue weighted by molar-refractivity contribution is 6.27. The zero-order valence-electron chi connectivity index (χ0n) is 20.2. The SMILES string of the molecule is CCCCCC(=O)Oc1c2c(c(O)c3nccnc13)C(=O)N(C(Cc1ccccc1)C1=COCO1)C2=O. The first-order chi connectivity index (χ1) is 18.0. The number of benzene rings is 2. The number of aromatic nitrogens is 2. The van der Waals surface area contributed by atoms with E-state index in [4.69, 9.17) is 14.2 Å². The van der Waals surface area contributed by atoms with Crippen LogP contribution in [0, 0.1) is 0 Å². The van der Waals surface area contributed by atoms with Gasteiger partial charge in [-0.15, -0.1) is 0 Å². The lowest BCUT2D eigenvalue weighted by Gasteiger charge is -2.26. The monoisotopic (exact) mass is 503 g/mol. The van der Waals surface area contributed by atoms with E-state index in [1.165, 1.54) is 18.7 Å². The summed E-state index contributed by atoms with van der Waals surface area (Å²) in [5, 5.41) is 11.0. The molecule has 5 rings (SSSR count). The molecule has 2 amide bonds. The molecule has 2 aromatic carbocycles. The maximum Gasteiger partial charge on any atom is 0.311 e. The van der Waals surface area contributed by atoms with Crippen LogP contribution in [0.25, 0.3) is 11.0 Å². The van der Waals surface area contributed by atoms with Crippen LogP contribution < -0.4 is 4.74 Å². The van der Waals surface area contributed by atoms with Crippen LogP contribution in [0.5, 0.6) is 11.5 Å². The maximum absolute atomic E-state index is 13.9. The third kappa shape index (κ3) is 4.46. The Labute approximate surface area is 212 Å². The van der Waals surface area contributed by atoms with E-state index < -0.39 is 29.6 Å². The minimum absolute atomic E-state index is 0.0184. The van der Waals surface area contributed by atoms with Gasteiger partial charge in [0.1, 0.15) is 34.5 Å². The molecule has 190 valence electrons. The number of hydrogen-bond donors (Lipinski definition) is 1. The first-order valence-corrected chi connectivity index (χ1v) is 12.1. The number of hydrogen-bond acceptors (Lipinski definition) is 9. The molecule has 0 bridgehead atoms. The summed E-state index contributed by atoms with van der Waals surface area (Å²) in [4.78, 5) is 49.7. The molecule has 10 nitrogen and oxygen atoms in total. The van der Waals surface area contributed by atoms with Crippen molar-refractivity contribution < 1.29 is 33.7 Å². The van der Waals surface area contributed by atoms with Crippen LogP contribution in [0.1, 0.15) is 58.9 Å². The Balaban J connectivity index is 1.60. The molecule has 2 aliphatic heterocycles. The Morgan fingerprint density at radius 1 is 1.08 bits per heavy atom. The zero-order valence-corrected chi connectivity index (χ0v) is 20.2. The molecular formula is C27H25N3O7. The van der Waals surface area contributed by atoms with E-state index >= 15 is 0 Å². The molecule has 3 heterocycles. The normalized spacial score (nSPS) is 15.3. The van der Waals surface area contributed by atoms with Crippen LogP contribution in [-0.2, 0) is 20.7 Å². The number of carbonyl (C=O) groups excluding carboxylic acids is 3. The van der Waals surface area contributed by atoms with Crippen molar-refractivity contribution in [3.8, 4) is 11.5 Å². The second-order valence-corrected chi connectivity index (χ2v) is 8.75. The molecule has 10 heteroatoms. The van der Waals surface area contributed by atoms with E-state index in [1.807, 2.05) is 37.3 Å². The largest absolute Gasteiger partial charge is 0.505 e. The molecule has 0 saturated heterocycles. The molecular weight excluding hydrogens is 478 g/mol. The van der Waals surface area contributed by atoms with Gasteiger partial charge in [0, 0.05) is 25.2 Å². The number of ether oxygens (including phenoxy) is 3. The van der Waals surface area contributed by atoms with Crippen LogP contribution in [-0.4, -0.2) is 50.6 Å². The van der Waals surface area contributed by atoms with Gasteiger partial charge in [0.25, 0.3) is 11.8 Å². The number of unbranched alkanes of at least 4 members (excludes halogenated alkanes) is 2. The minimum Gasteiger partial charge on any atom is -0.505 e. The molecule has 2 aliphatic rings. The van der Waals surface area contributed by atoms with Crippen molar-refractivity contribution in [3.05, 3.63) is 71.4 Å². The molecule has 0 aliphatic carbocycles. The molecule has 3 aromatic rings. The molecule has 0 spiro atoms. The summed E-state index contributed by atoms with van der Waals surface area (Å²) < 4.78 is 16.4. The van der Waals surface area contributed by atoms with Gasteiger partial charge in [0.05, 0.1) is 0 Å². The lowest BCUT2D eigenvalue weighted by molar-refractivity contribution is -0.134. The highest BCUT2D eigenvalue weighted by atomic mass is 16.7. The smallest absolute Gasteiger partial charge is 0.311 e. The number of aromatic hydroxyl groups is 1. The maximum atomic E-state index is 13.9. The number of nitrogens with zero attached hydrogens (tertiary/aromatic N) is 3. The van der Waals surface area contributed by atoms with Crippen molar-refractivity contribution in [2.75, 3.05) is 6.79 Å². The van der Waals surface area contributed by atoms with E-state index in [0.717, 1.165) is 23.3 Å². The Bertz CT molecular complexity index is 1400. The average molecular weight is 504 g/mol. The standard InChI is InChI=1S/C27H25N3O7/c1-2-3-5-10-19(31)37-25-21-20(24(32)22-23(25)29-12-11-28-22)26(33)30(27(21)34)17(18-14-35-15-36-18)13-16-8-6-4-7-9-16/h4,6-9,11-12,14,17,32H,2-3,5,10,13,15H2,1H3. The molecule has 0 fully saturated rings. The van der Waals surface area contributed by atoms with Gasteiger partial charge in [-0.1, -0.05) is 50.1 Å². The van der Waals surface area contributed by atoms with Crippen LogP contribution >= 0.6 is 0 Å². The topological polar surface area (TPSA) is 128 Å². The van der Waals surface area contributed by atoms with Gasteiger partial charge in [0.2, 0.25) is 6.79 Å². The van der Waals surface area contributed by atoms with Crippen LogP contribution in [0.2, 0.25) is 0 Å². The summed E-state index contributed by atoms with van der Waals surface area (Å²) in [6.45, 7) is 1.97. The van der Waals surface area contributed by atoms with Crippen molar-refractivity contribution in [3.63, 3.8) is 0 Å². The fourth-order valence-electron chi connectivity index (χ4n) is 4.54. The van der Waals surface area contributed by atoms with Gasteiger partial charge in [0.15, 0.2) is 17.3 Å². The highest BCUT2D eigenvalue weighted by Gasteiger charge is 2.48. The molecule has 1 atom stereocenters. The lowest BCUT2D eigenvalue weighted by atomic mass is 10.0. The molecule has 37 heavy (non-hydrogen) atoms. The number of carbonyl (C=O) groups is 3. The third-order valence-electron chi connectivity index (χ3n) is 6.32. The average Bonchev–Trinajstić information content (AvgIpc) is 3.53. The van der Waals surface area contributed by atoms with Crippen molar-refractivity contribution in [1.82, 2.24) is 14.9 Å². The quantitative estimate of drug-likeness (QED) is 0.200. The number of rotatable bonds is 9. The molecule has 0 radical (unpaired) electrons. The second-order valence-electron chi connectivity index (χ2n) is 8.75. The summed E-state index contributed by atoms with van der Waals surface area (Å²) in [5.74, 6) is -2.46. The molecule has 1 unspecified atom stereocenters. The lowest BCUT2D eigenvalue weighted by Crippen LogP contribution is -2.42. The summed E-state index contributed by atoms with van der Waals surface area (Å²) >= 11 is 0. The number of esters is 1. The van der Waals surface area contributed by atoms with E-state index in [9.17, 15) is 19.5 Å². The van der Waals surface area contributed by atoms with Gasteiger partial charge in [-0.2, -0.15) is 0 Å². The van der Waals surface area contributed by atoms with E-state index in [-0.39, 0.29) is 53.3 Å². The Morgan fingerprint density at radius 3 is 2.51 bits per heavy atom. The van der Waals surface area contributed by atoms with Gasteiger partial charge in [-0.05, 0) is 12.0 Å². The summed E-state index contributed by atoms with van der Waals surface area (Å²) in [6.07, 6.45) is 6.81. The molecule has 1 N–H and O–H groups in total. The second kappa shape index (κ2) is 10.3. The van der Waals surface area contributed by atoms with Crippen LogP contribution in [0.4, 0.5) is 0 Å². The van der Waals surface area contributed by atoms with Crippen molar-refractivity contribution in [2.45, 2.75) is 45.1 Å². The van der Waals surface area contributed by atoms with Gasteiger partial charge in [-0.3, -0.25) is 19.3 Å². The van der Waals surface area contributed by atoms with Gasteiger partial charge in [-0.25, -0.2) is 9.97 Å². The first-order valence-electron chi connectivity index (χ1n) is 12.1. The van der Waals surface area contributed by atoms with E-state index in [2.05, 4.69) is 9.97 Å². The van der Waals surface area contributed by atoms with E-state index in [1.54, 1.807) is 0 Å². The summed E-state index contributed by atoms with van der Waals surface area (Å²) in [7, 11) is 0. The Morgan fingerprint density at radius 2 is 1.81 bits per heavy atom. The fraction of sp³-hybridized carbons (Fsp3) is 0.296. The number of amides is 2. The number of imide groups is 1. The van der Waals surface area contributed by atoms with Crippen LogP contribution in [0.15, 0.2) is 54.7 Å². The van der Waals surface area contributed by atoms with Crippen molar-refractivity contribution >= 4 is 28.8 Å². The number of fused-ring (bicyclic) bond motifs is 2. The predicted molar refractivity (Wildman–Crippen MR) is 131 cm³/mol. The number of phenols is 1. The number of phenolic OH excluding ortho intramolecular Hbond substituents is 1. The minimum atomic E-state index is -0.867. The Kier molecular flexibility index (Phi) is 6.72. The van der Waals surface area contributed by atoms with E-state index in [0.29, 0.717) is 6.42 Å². The first kappa shape index (κ1) is 24.2. The third-order valence-corrected chi connectivity index (χ3v) is 6.32. The zero-order chi connectivity index (χ0) is 25.9. The Hall–Kier alpha value is -4.47.